The summed E-state index contributed by atoms with van der Waals surface area (Å²) in [6, 6.07) is 4.05. The van der Waals surface area contributed by atoms with E-state index in [4.69, 9.17) is 4.74 Å². The van der Waals surface area contributed by atoms with Crippen molar-refractivity contribution < 1.29 is 4.74 Å². The van der Waals surface area contributed by atoms with Crippen LogP contribution in [0.4, 0.5) is 0 Å². The summed E-state index contributed by atoms with van der Waals surface area (Å²) >= 11 is 0. The Morgan fingerprint density at radius 3 is 2.67 bits per heavy atom. The smallest absolute Gasteiger partial charge is 0.0587 e. The van der Waals surface area contributed by atoms with Crippen LogP contribution in [-0.2, 0) is 11.2 Å². The molecule has 1 unspecified atom stereocenters. The van der Waals surface area contributed by atoms with Crippen molar-refractivity contribution in [3.63, 3.8) is 0 Å². The minimum Gasteiger partial charge on any atom is -0.378 e. The number of ether oxygens (including phenoxy) is 1. The number of rotatable bonds is 4. The molecule has 0 amide bonds. The highest BCUT2D eigenvalue weighted by Crippen LogP contribution is 2.03. The molecule has 0 fully saturated rings. The standard InChI is InChI=1S/C10H15NO/c1-3-12-9(2)8-10-4-6-11-7-5-10/h4-7,9H,3,8H2,1-2H3. The quantitative estimate of drug-likeness (QED) is 0.681. The predicted molar refractivity (Wildman–Crippen MR) is 49.0 cm³/mol. The maximum Gasteiger partial charge on any atom is 0.0587 e. The maximum absolute atomic E-state index is 5.43. The van der Waals surface area contributed by atoms with Gasteiger partial charge in [-0.3, -0.25) is 4.98 Å². The van der Waals surface area contributed by atoms with E-state index in [-0.39, 0.29) is 0 Å². The van der Waals surface area contributed by atoms with E-state index in [0.717, 1.165) is 13.0 Å². The van der Waals surface area contributed by atoms with Crippen LogP contribution >= 0.6 is 0 Å². The Bertz CT molecular complexity index is 210. The first-order chi connectivity index (χ1) is 5.83. The molecule has 0 N–H and O–H groups in total. The van der Waals surface area contributed by atoms with E-state index in [1.54, 1.807) is 0 Å². The summed E-state index contributed by atoms with van der Waals surface area (Å²) in [7, 11) is 0. The monoisotopic (exact) mass is 165 g/mol. The topological polar surface area (TPSA) is 22.1 Å². The fourth-order valence-electron chi connectivity index (χ4n) is 1.19. The van der Waals surface area contributed by atoms with Gasteiger partial charge in [0.25, 0.3) is 0 Å². The Morgan fingerprint density at radius 1 is 1.42 bits per heavy atom. The minimum absolute atomic E-state index is 0.303. The van der Waals surface area contributed by atoms with Gasteiger partial charge in [0.1, 0.15) is 0 Å². The van der Waals surface area contributed by atoms with Crippen molar-refractivity contribution in [3.8, 4) is 0 Å². The summed E-state index contributed by atoms with van der Waals surface area (Å²) < 4.78 is 5.43. The first kappa shape index (κ1) is 9.20. The van der Waals surface area contributed by atoms with Crippen LogP contribution in [0, 0.1) is 0 Å². The van der Waals surface area contributed by atoms with Crippen LogP contribution in [0.5, 0.6) is 0 Å². The Morgan fingerprint density at radius 2 is 2.08 bits per heavy atom. The summed E-state index contributed by atoms with van der Waals surface area (Å²) in [5.41, 5.74) is 1.28. The number of pyridine rings is 1. The molecule has 2 nitrogen and oxygen atoms in total. The molecular formula is C10H15NO. The molecule has 1 heterocycles. The number of hydrogen-bond donors (Lipinski definition) is 0. The highest BCUT2D eigenvalue weighted by Gasteiger charge is 2.01. The van der Waals surface area contributed by atoms with Gasteiger partial charge in [-0.15, -0.1) is 0 Å². The van der Waals surface area contributed by atoms with Crippen LogP contribution in [0.25, 0.3) is 0 Å². The van der Waals surface area contributed by atoms with Crippen LogP contribution in [0.3, 0.4) is 0 Å². The van der Waals surface area contributed by atoms with Gasteiger partial charge in [0.05, 0.1) is 6.10 Å². The lowest BCUT2D eigenvalue weighted by Crippen LogP contribution is -2.11. The second kappa shape index (κ2) is 4.88. The zero-order chi connectivity index (χ0) is 8.81. The lowest BCUT2D eigenvalue weighted by atomic mass is 10.1. The van der Waals surface area contributed by atoms with Gasteiger partial charge in [-0.1, -0.05) is 0 Å². The van der Waals surface area contributed by atoms with Crippen molar-refractivity contribution in [2.45, 2.75) is 26.4 Å². The second-order valence-corrected chi connectivity index (χ2v) is 2.83. The predicted octanol–water partition coefficient (Wildman–Crippen LogP) is 2.05. The molecule has 1 atom stereocenters. The number of aromatic nitrogens is 1. The maximum atomic E-state index is 5.43. The van der Waals surface area contributed by atoms with Gasteiger partial charge >= 0.3 is 0 Å². The van der Waals surface area contributed by atoms with Crippen LogP contribution < -0.4 is 0 Å². The molecule has 1 aromatic heterocycles. The van der Waals surface area contributed by atoms with E-state index in [2.05, 4.69) is 11.9 Å². The molecule has 1 aromatic rings. The van der Waals surface area contributed by atoms with Gasteiger partial charge in [-0.05, 0) is 38.0 Å². The molecule has 2 heteroatoms. The summed E-state index contributed by atoms with van der Waals surface area (Å²) in [4.78, 5) is 3.96. The summed E-state index contributed by atoms with van der Waals surface area (Å²) in [6.45, 7) is 4.89. The van der Waals surface area contributed by atoms with Gasteiger partial charge in [0, 0.05) is 19.0 Å². The molecule has 0 bridgehead atoms. The average molecular weight is 165 g/mol. The van der Waals surface area contributed by atoms with Crippen molar-refractivity contribution in [2.24, 2.45) is 0 Å². The number of hydrogen-bond acceptors (Lipinski definition) is 2. The molecule has 66 valence electrons. The van der Waals surface area contributed by atoms with E-state index < -0.39 is 0 Å². The Labute approximate surface area is 73.6 Å². The van der Waals surface area contributed by atoms with Crippen molar-refractivity contribution >= 4 is 0 Å². The Balaban J connectivity index is 2.41. The number of nitrogens with zero attached hydrogens (tertiary/aromatic N) is 1. The summed E-state index contributed by atoms with van der Waals surface area (Å²) in [5, 5.41) is 0. The van der Waals surface area contributed by atoms with Gasteiger partial charge in [-0.25, -0.2) is 0 Å². The molecule has 0 saturated heterocycles. The third-order valence-corrected chi connectivity index (χ3v) is 1.72. The van der Waals surface area contributed by atoms with E-state index in [0.29, 0.717) is 6.10 Å². The van der Waals surface area contributed by atoms with Crippen molar-refractivity contribution in [1.82, 2.24) is 4.98 Å². The molecular weight excluding hydrogens is 150 g/mol. The highest BCUT2D eigenvalue weighted by molar-refractivity contribution is 5.10. The van der Waals surface area contributed by atoms with E-state index in [1.165, 1.54) is 5.56 Å². The first-order valence-corrected chi connectivity index (χ1v) is 4.33. The van der Waals surface area contributed by atoms with Gasteiger partial charge < -0.3 is 4.74 Å². The third kappa shape index (κ3) is 3.01. The molecule has 1 rings (SSSR count). The Hall–Kier alpha value is -0.890. The SMILES string of the molecule is CCOC(C)Cc1ccncc1. The van der Waals surface area contributed by atoms with Gasteiger partial charge in [0.2, 0.25) is 0 Å². The van der Waals surface area contributed by atoms with E-state index in [1.807, 2.05) is 31.5 Å². The van der Waals surface area contributed by atoms with Crippen LogP contribution in [0.1, 0.15) is 19.4 Å². The normalized spacial score (nSPS) is 12.8. The van der Waals surface area contributed by atoms with Gasteiger partial charge in [0.15, 0.2) is 0 Å². The lowest BCUT2D eigenvalue weighted by Gasteiger charge is -2.10. The molecule has 0 aromatic carbocycles. The van der Waals surface area contributed by atoms with Crippen LogP contribution in [-0.4, -0.2) is 17.7 Å². The van der Waals surface area contributed by atoms with E-state index in [9.17, 15) is 0 Å². The molecule has 0 spiro atoms. The lowest BCUT2D eigenvalue weighted by molar-refractivity contribution is 0.0768. The average Bonchev–Trinajstić information content (AvgIpc) is 2.06. The van der Waals surface area contributed by atoms with Crippen molar-refractivity contribution in [3.05, 3.63) is 30.1 Å². The van der Waals surface area contributed by atoms with E-state index >= 15 is 0 Å². The second-order valence-electron chi connectivity index (χ2n) is 2.83. The molecule has 0 saturated carbocycles. The van der Waals surface area contributed by atoms with Crippen LogP contribution in [0.2, 0.25) is 0 Å². The van der Waals surface area contributed by atoms with Crippen molar-refractivity contribution in [2.75, 3.05) is 6.61 Å². The summed E-state index contributed by atoms with van der Waals surface area (Å²) in [6.07, 6.45) is 4.90. The zero-order valence-electron chi connectivity index (χ0n) is 7.66. The highest BCUT2D eigenvalue weighted by atomic mass is 16.5. The molecule has 0 aliphatic heterocycles. The zero-order valence-corrected chi connectivity index (χ0v) is 7.66. The Kier molecular flexibility index (Phi) is 3.74. The van der Waals surface area contributed by atoms with Crippen LogP contribution in [0.15, 0.2) is 24.5 Å². The fraction of sp³-hybridized carbons (Fsp3) is 0.500. The molecule has 12 heavy (non-hydrogen) atoms. The van der Waals surface area contributed by atoms with Crippen molar-refractivity contribution in [1.29, 1.82) is 0 Å². The largest absolute Gasteiger partial charge is 0.378 e. The third-order valence-electron chi connectivity index (χ3n) is 1.72. The minimum atomic E-state index is 0.303. The molecule has 0 radical (unpaired) electrons. The fourth-order valence-corrected chi connectivity index (χ4v) is 1.19. The molecule has 0 aliphatic rings. The van der Waals surface area contributed by atoms with Gasteiger partial charge in [-0.2, -0.15) is 0 Å². The summed E-state index contributed by atoms with van der Waals surface area (Å²) in [5.74, 6) is 0. The molecule has 0 aliphatic carbocycles. The first-order valence-electron chi connectivity index (χ1n) is 4.33.